The van der Waals surface area contributed by atoms with Crippen molar-refractivity contribution in [3.8, 4) is 0 Å². The Bertz CT molecular complexity index is 643. The first-order chi connectivity index (χ1) is 9.49. The summed E-state index contributed by atoms with van der Waals surface area (Å²) in [4.78, 5) is 18.0. The van der Waals surface area contributed by atoms with Gasteiger partial charge in [-0.3, -0.25) is 4.79 Å². The van der Waals surface area contributed by atoms with Gasteiger partial charge in [-0.2, -0.15) is 0 Å². The molecule has 5 nitrogen and oxygen atoms in total. The Morgan fingerprint density at radius 2 is 2.05 bits per heavy atom. The molecular formula is C14H15ClN4O. The Kier molecular flexibility index (Phi) is 4.10. The van der Waals surface area contributed by atoms with Gasteiger partial charge in [0, 0.05) is 14.1 Å². The van der Waals surface area contributed by atoms with Crippen molar-refractivity contribution in [1.29, 1.82) is 0 Å². The molecule has 2 aromatic rings. The highest BCUT2D eigenvalue weighted by atomic mass is 35.5. The van der Waals surface area contributed by atoms with Crippen molar-refractivity contribution < 1.29 is 4.79 Å². The zero-order valence-electron chi connectivity index (χ0n) is 11.2. The van der Waals surface area contributed by atoms with E-state index in [4.69, 9.17) is 17.3 Å². The molecule has 1 aromatic carbocycles. The fraction of sp³-hybridized carbons (Fsp3) is 0.143. The van der Waals surface area contributed by atoms with Gasteiger partial charge in [0.2, 0.25) is 0 Å². The van der Waals surface area contributed by atoms with Gasteiger partial charge in [0.05, 0.1) is 28.8 Å². The molecule has 0 aliphatic heterocycles. The van der Waals surface area contributed by atoms with Crippen LogP contribution in [0.2, 0.25) is 5.15 Å². The number of rotatable bonds is 3. The summed E-state index contributed by atoms with van der Waals surface area (Å²) < 4.78 is 0. The summed E-state index contributed by atoms with van der Waals surface area (Å²) in [6.07, 6.45) is 1.37. The standard InChI is InChI=1S/C14H15ClN4O/c1-19(2)12-6-4-3-5-11(12)18-14(20)9-7-13(15)17-8-10(9)16/h3-8H,16H2,1-2H3,(H,18,20). The molecule has 0 aliphatic carbocycles. The number of hydrogen-bond donors (Lipinski definition) is 2. The van der Waals surface area contributed by atoms with Crippen LogP contribution in [0.3, 0.4) is 0 Å². The topological polar surface area (TPSA) is 71.2 Å². The first-order valence-corrected chi connectivity index (χ1v) is 6.35. The van der Waals surface area contributed by atoms with Crippen LogP contribution in [0.1, 0.15) is 10.4 Å². The van der Waals surface area contributed by atoms with Crippen LogP contribution in [-0.2, 0) is 0 Å². The number of pyridine rings is 1. The minimum absolute atomic E-state index is 0.227. The first-order valence-electron chi connectivity index (χ1n) is 5.97. The Hall–Kier alpha value is -2.27. The number of amides is 1. The maximum Gasteiger partial charge on any atom is 0.257 e. The van der Waals surface area contributed by atoms with Crippen molar-refractivity contribution in [2.75, 3.05) is 30.0 Å². The summed E-state index contributed by atoms with van der Waals surface area (Å²) in [6.45, 7) is 0. The van der Waals surface area contributed by atoms with E-state index >= 15 is 0 Å². The highest BCUT2D eigenvalue weighted by Crippen LogP contribution is 2.25. The van der Waals surface area contributed by atoms with Gasteiger partial charge >= 0.3 is 0 Å². The van der Waals surface area contributed by atoms with E-state index in [0.717, 1.165) is 5.69 Å². The molecule has 1 amide bonds. The van der Waals surface area contributed by atoms with Crippen LogP contribution >= 0.6 is 11.6 Å². The second-order valence-electron chi connectivity index (χ2n) is 4.46. The lowest BCUT2D eigenvalue weighted by molar-refractivity contribution is 0.102. The molecule has 104 valence electrons. The minimum Gasteiger partial charge on any atom is -0.397 e. The second kappa shape index (κ2) is 5.79. The van der Waals surface area contributed by atoms with Crippen molar-refractivity contribution in [2.45, 2.75) is 0 Å². The summed E-state index contributed by atoms with van der Waals surface area (Å²) in [5.41, 5.74) is 7.95. The van der Waals surface area contributed by atoms with Crippen LogP contribution in [0.5, 0.6) is 0 Å². The summed E-state index contributed by atoms with van der Waals surface area (Å²) in [7, 11) is 3.81. The predicted octanol–water partition coefficient (Wildman–Crippen LogP) is 2.64. The molecule has 1 heterocycles. The number of carbonyl (C=O) groups excluding carboxylic acids is 1. The van der Waals surface area contributed by atoms with E-state index < -0.39 is 0 Å². The molecule has 0 atom stereocenters. The average molecular weight is 291 g/mol. The quantitative estimate of drug-likeness (QED) is 0.853. The highest BCUT2D eigenvalue weighted by Gasteiger charge is 2.13. The third-order valence-corrected chi connectivity index (χ3v) is 2.99. The van der Waals surface area contributed by atoms with E-state index in [9.17, 15) is 4.79 Å². The Morgan fingerprint density at radius 1 is 1.35 bits per heavy atom. The Morgan fingerprint density at radius 3 is 2.75 bits per heavy atom. The number of aromatic nitrogens is 1. The molecule has 0 aliphatic rings. The summed E-state index contributed by atoms with van der Waals surface area (Å²) in [5, 5.41) is 3.06. The summed E-state index contributed by atoms with van der Waals surface area (Å²) >= 11 is 5.79. The molecule has 3 N–H and O–H groups in total. The number of halogens is 1. The van der Waals surface area contributed by atoms with Gasteiger partial charge in [-0.05, 0) is 18.2 Å². The van der Waals surface area contributed by atoms with Gasteiger partial charge in [0.1, 0.15) is 5.15 Å². The zero-order valence-corrected chi connectivity index (χ0v) is 12.0. The van der Waals surface area contributed by atoms with Crippen molar-refractivity contribution in [2.24, 2.45) is 0 Å². The van der Waals surface area contributed by atoms with E-state index in [1.165, 1.54) is 12.3 Å². The molecule has 0 saturated carbocycles. The number of hydrogen-bond acceptors (Lipinski definition) is 4. The molecular weight excluding hydrogens is 276 g/mol. The zero-order chi connectivity index (χ0) is 14.7. The van der Waals surface area contributed by atoms with Crippen LogP contribution < -0.4 is 16.0 Å². The van der Waals surface area contributed by atoms with Crippen molar-refractivity contribution in [3.05, 3.63) is 47.2 Å². The Labute approximate surface area is 122 Å². The molecule has 0 saturated heterocycles. The van der Waals surface area contributed by atoms with Crippen molar-refractivity contribution >= 4 is 34.6 Å². The predicted molar refractivity (Wildman–Crippen MR) is 82.4 cm³/mol. The first kappa shape index (κ1) is 14.1. The molecule has 0 fully saturated rings. The highest BCUT2D eigenvalue weighted by molar-refractivity contribution is 6.30. The lowest BCUT2D eigenvalue weighted by Gasteiger charge is -2.18. The Balaban J connectivity index is 2.31. The van der Waals surface area contributed by atoms with Gasteiger partial charge in [-0.15, -0.1) is 0 Å². The number of nitrogen functional groups attached to an aromatic ring is 1. The summed E-state index contributed by atoms with van der Waals surface area (Å²) in [5.74, 6) is -0.318. The molecule has 0 radical (unpaired) electrons. The van der Waals surface area contributed by atoms with E-state index in [1.54, 1.807) is 0 Å². The van der Waals surface area contributed by atoms with Crippen LogP contribution in [0.15, 0.2) is 36.5 Å². The number of nitrogens with one attached hydrogen (secondary N) is 1. The number of benzene rings is 1. The number of carbonyl (C=O) groups is 1. The molecule has 6 heteroatoms. The van der Waals surface area contributed by atoms with Gasteiger partial charge < -0.3 is 16.0 Å². The van der Waals surface area contributed by atoms with Gasteiger partial charge in [-0.1, -0.05) is 23.7 Å². The molecule has 0 unspecified atom stereocenters. The fourth-order valence-electron chi connectivity index (χ4n) is 1.80. The molecule has 2 rings (SSSR count). The van der Waals surface area contributed by atoms with Crippen molar-refractivity contribution in [1.82, 2.24) is 4.98 Å². The minimum atomic E-state index is -0.318. The summed E-state index contributed by atoms with van der Waals surface area (Å²) in [6, 6.07) is 8.95. The lowest BCUT2D eigenvalue weighted by Crippen LogP contribution is -2.17. The maximum absolute atomic E-state index is 12.3. The van der Waals surface area contributed by atoms with Crippen LogP contribution in [0.4, 0.5) is 17.1 Å². The van der Waals surface area contributed by atoms with Gasteiger partial charge in [0.15, 0.2) is 0 Å². The molecule has 20 heavy (non-hydrogen) atoms. The van der Waals surface area contributed by atoms with E-state index in [-0.39, 0.29) is 16.7 Å². The van der Waals surface area contributed by atoms with Crippen molar-refractivity contribution in [3.63, 3.8) is 0 Å². The van der Waals surface area contributed by atoms with E-state index in [1.807, 2.05) is 43.3 Å². The SMILES string of the molecule is CN(C)c1ccccc1NC(=O)c1cc(Cl)ncc1N. The third-order valence-electron chi connectivity index (χ3n) is 2.78. The monoisotopic (exact) mass is 290 g/mol. The normalized spacial score (nSPS) is 10.2. The molecule has 0 spiro atoms. The van der Waals surface area contributed by atoms with Crippen LogP contribution in [0, 0.1) is 0 Å². The maximum atomic E-state index is 12.3. The number of nitrogens with zero attached hydrogens (tertiary/aromatic N) is 2. The second-order valence-corrected chi connectivity index (χ2v) is 4.85. The number of anilines is 3. The largest absolute Gasteiger partial charge is 0.397 e. The van der Waals surface area contributed by atoms with Crippen LogP contribution in [0.25, 0.3) is 0 Å². The number of nitrogens with two attached hydrogens (primary N) is 1. The third kappa shape index (κ3) is 3.00. The average Bonchev–Trinajstić information content (AvgIpc) is 2.41. The molecule has 1 aromatic heterocycles. The van der Waals surface area contributed by atoms with Gasteiger partial charge in [-0.25, -0.2) is 4.98 Å². The molecule has 0 bridgehead atoms. The smallest absolute Gasteiger partial charge is 0.257 e. The van der Waals surface area contributed by atoms with E-state index in [2.05, 4.69) is 10.3 Å². The van der Waals surface area contributed by atoms with Crippen LogP contribution in [-0.4, -0.2) is 25.0 Å². The van der Waals surface area contributed by atoms with Gasteiger partial charge in [0.25, 0.3) is 5.91 Å². The number of para-hydroxylation sites is 2. The fourth-order valence-corrected chi connectivity index (χ4v) is 1.95. The van der Waals surface area contributed by atoms with E-state index in [0.29, 0.717) is 11.3 Å². The lowest BCUT2D eigenvalue weighted by atomic mass is 10.2.